The van der Waals surface area contributed by atoms with Crippen molar-refractivity contribution in [1.82, 2.24) is 4.90 Å². The van der Waals surface area contributed by atoms with Crippen molar-refractivity contribution >= 4 is 5.78 Å². The number of rotatable bonds is 2. The van der Waals surface area contributed by atoms with Gasteiger partial charge in [-0.1, -0.05) is 18.1 Å². The van der Waals surface area contributed by atoms with E-state index in [1.807, 2.05) is 19.1 Å². The molecular weight excluding hydrogens is 260 g/mol. The van der Waals surface area contributed by atoms with E-state index < -0.39 is 0 Å². The van der Waals surface area contributed by atoms with E-state index in [0.29, 0.717) is 23.2 Å². The molecule has 3 nitrogen and oxygen atoms in total. The summed E-state index contributed by atoms with van der Waals surface area (Å²) in [5.74, 6) is 0.269. The number of aryl methyl sites for hydroxylation is 1. The van der Waals surface area contributed by atoms with Crippen LogP contribution in [0.2, 0.25) is 0 Å². The molecule has 2 unspecified atom stereocenters. The minimum atomic E-state index is 0.0883. The minimum Gasteiger partial charge on any atom is -0.300 e. The lowest BCUT2D eigenvalue weighted by atomic mass is 9.75. The standard InChI is InChI=1S/C18H22N2O/c1-12-6-7-13(11-19)17(8-12)18(21)14-9-15-4-3-5-16(10-14)20(15)2/h6-8,14-16H,3-5,9-10H2,1-2H3. The summed E-state index contributed by atoms with van der Waals surface area (Å²) in [5.41, 5.74) is 2.20. The van der Waals surface area contributed by atoms with E-state index in [9.17, 15) is 10.1 Å². The zero-order chi connectivity index (χ0) is 15.0. The lowest BCUT2D eigenvalue weighted by Gasteiger charge is -2.46. The fraction of sp³-hybridized carbons (Fsp3) is 0.556. The number of ketones is 1. The third kappa shape index (κ3) is 2.61. The largest absolute Gasteiger partial charge is 0.300 e. The highest BCUT2D eigenvalue weighted by Gasteiger charge is 2.39. The summed E-state index contributed by atoms with van der Waals surface area (Å²) in [5, 5.41) is 9.25. The van der Waals surface area contributed by atoms with Crippen molar-refractivity contribution < 1.29 is 4.79 Å². The molecule has 21 heavy (non-hydrogen) atoms. The Labute approximate surface area is 126 Å². The van der Waals surface area contributed by atoms with Gasteiger partial charge in [0.15, 0.2) is 5.78 Å². The van der Waals surface area contributed by atoms with Crippen LogP contribution in [0.4, 0.5) is 0 Å². The summed E-state index contributed by atoms with van der Waals surface area (Å²) in [4.78, 5) is 15.4. The van der Waals surface area contributed by atoms with Crippen LogP contribution < -0.4 is 0 Å². The topological polar surface area (TPSA) is 44.1 Å². The number of Topliss-reactive ketones (excluding diaryl/α,β-unsaturated/α-hetero) is 1. The van der Waals surface area contributed by atoms with Gasteiger partial charge in [-0.3, -0.25) is 4.79 Å². The summed E-state index contributed by atoms with van der Waals surface area (Å²) in [6.45, 7) is 1.97. The second-order valence-electron chi connectivity index (χ2n) is 6.60. The number of piperidine rings is 2. The van der Waals surface area contributed by atoms with Crippen LogP contribution in [-0.2, 0) is 0 Å². The monoisotopic (exact) mass is 282 g/mol. The fourth-order valence-corrected chi connectivity index (χ4v) is 4.01. The molecule has 110 valence electrons. The quantitative estimate of drug-likeness (QED) is 0.782. The summed E-state index contributed by atoms with van der Waals surface area (Å²) < 4.78 is 0. The van der Waals surface area contributed by atoms with E-state index >= 15 is 0 Å². The molecule has 0 radical (unpaired) electrons. The smallest absolute Gasteiger partial charge is 0.167 e. The van der Waals surface area contributed by atoms with Gasteiger partial charge in [-0.15, -0.1) is 0 Å². The van der Waals surface area contributed by atoms with Crippen LogP contribution >= 0.6 is 0 Å². The van der Waals surface area contributed by atoms with Crippen molar-refractivity contribution in [2.75, 3.05) is 7.05 Å². The molecule has 0 N–H and O–H groups in total. The van der Waals surface area contributed by atoms with E-state index in [4.69, 9.17) is 0 Å². The molecule has 0 amide bonds. The molecule has 2 heterocycles. The van der Waals surface area contributed by atoms with Crippen LogP contribution in [0.3, 0.4) is 0 Å². The third-order valence-electron chi connectivity index (χ3n) is 5.27. The van der Waals surface area contributed by atoms with Crippen LogP contribution in [0.15, 0.2) is 18.2 Å². The van der Waals surface area contributed by atoms with Gasteiger partial charge in [0.2, 0.25) is 0 Å². The number of hydrogen-bond acceptors (Lipinski definition) is 3. The van der Waals surface area contributed by atoms with Gasteiger partial charge >= 0.3 is 0 Å². The SMILES string of the molecule is Cc1ccc(C#N)c(C(=O)C2CC3CCCC(C2)N3C)c1. The Hall–Kier alpha value is -1.66. The maximum Gasteiger partial charge on any atom is 0.167 e. The molecule has 0 aromatic heterocycles. The first-order valence-electron chi connectivity index (χ1n) is 7.87. The maximum absolute atomic E-state index is 12.9. The number of nitriles is 1. The van der Waals surface area contributed by atoms with Crippen LogP contribution in [0, 0.1) is 24.2 Å². The molecule has 2 atom stereocenters. The van der Waals surface area contributed by atoms with E-state index in [-0.39, 0.29) is 11.7 Å². The molecule has 3 rings (SSSR count). The first-order chi connectivity index (χ1) is 10.1. The molecular formula is C18H22N2O. The molecule has 2 fully saturated rings. The summed E-state index contributed by atoms with van der Waals surface area (Å²) in [6.07, 6.45) is 5.59. The minimum absolute atomic E-state index is 0.0883. The van der Waals surface area contributed by atoms with Gasteiger partial charge in [-0.2, -0.15) is 5.26 Å². The highest BCUT2D eigenvalue weighted by atomic mass is 16.1. The predicted octanol–water partition coefficient (Wildman–Crippen LogP) is 3.31. The molecule has 1 aromatic carbocycles. The van der Waals surface area contributed by atoms with Gasteiger partial charge in [0.05, 0.1) is 11.6 Å². The van der Waals surface area contributed by atoms with Crippen LogP contribution in [0.1, 0.15) is 53.6 Å². The number of carbonyl (C=O) groups excluding carboxylic acids is 1. The first kappa shape index (κ1) is 14.3. The van der Waals surface area contributed by atoms with Crippen molar-refractivity contribution in [3.63, 3.8) is 0 Å². The molecule has 2 bridgehead atoms. The van der Waals surface area contributed by atoms with E-state index in [2.05, 4.69) is 18.0 Å². The maximum atomic E-state index is 12.9. The highest BCUT2D eigenvalue weighted by Crippen LogP contribution is 2.37. The summed E-state index contributed by atoms with van der Waals surface area (Å²) in [7, 11) is 2.20. The number of benzene rings is 1. The molecule has 2 aliphatic rings. The number of fused-ring (bicyclic) bond motifs is 2. The molecule has 2 aliphatic heterocycles. The van der Waals surface area contributed by atoms with Gasteiger partial charge < -0.3 is 4.90 Å². The molecule has 2 saturated heterocycles. The molecule has 0 spiro atoms. The van der Waals surface area contributed by atoms with Crippen molar-refractivity contribution in [3.05, 3.63) is 34.9 Å². The van der Waals surface area contributed by atoms with Gasteiger partial charge in [-0.25, -0.2) is 0 Å². The van der Waals surface area contributed by atoms with Gasteiger partial charge in [-0.05, 0) is 51.8 Å². The molecule has 1 aromatic rings. The average molecular weight is 282 g/mol. The second kappa shape index (κ2) is 5.61. The van der Waals surface area contributed by atoms with Crippen LogP contribution in [0.25, 0.3) is 0 Å². The van der Waals surface area contributed by atoms with Crippen LogP contribution in [0.5, 0.6) is 0 Å². The Morgan fingerprint density at radius 2 is 1.95 bits per heavy atom. The molecule has 0 saturated carbocycles. The normalized spacial score (nSPS) is 28.9. The highest BCUT2D eigenvalue weighted by molar-refractivity contribution is 6.00. The Kier molecular flexibility index (Phi) is 3.82. The Balaban J connectivity index is 1.86. The predicted molar refractivity (Wildman–Crippen MR) is 82.1 cm³/mol. The number of hydrogen-bond donors (Lipinski definition) is 0. The van der Waals surface area contributed by atoms with E-state index in [0.717, 1.165) is 18.4 Å². The Morgan fingerprint density at radius 3 is 2.57 bits per heavy atom. The Morgan fingerprint density at radius 1 is 1.29 bits per heavy atom. The molecule has 3 heteroatoms. The van der Waals surface area contributed by atoms with E-state index in [1.54, 1.807) is 6.07 Å². The number of nitrogens with zero attached hydrogens (tertiary/aromatic N) is 2. The summed E-state index contributed by atoms with van der Waals surface area (Å²) in [6, 6.07) is 8.82. The van der Waals surface area contributed by atoms with Gasteiger partial charge in [0, 0.05) is 23.6 Å². The summed E-state index contributed by atoms with van der Waals surface area (Å²) >= 11 is 0. The lowest BCUT2D eigenvalue weighted by Crippen LogP contribution is -2.51. The van der Waals surface area contributed by atoms with Crippen LogP contribution in [-0.4, -0.2) is 29.8 Å². The average Bonchev–Trinajstić information content (AvgIpc) is 2.46. The van der Waals surface area contributed by atoms with Crippen molar-refractivity contribution in [3.8, 4) is 6.07 Å². The second-order valence-corrected chi connectivity index (χ2v) is 6.60. The third-order valence-corrected chi connectivity index (χ3v) is 5.27. The molecule has 0 aliphatic carbocycles. The zero-order valence-electron chi connectivity index (χ0n) is 12.8. The van der Waals surface area contributed by atoms with Crippen molar-refractivity contribution in [2.24, 2.45) is 5.92 Å². The first-order valence-corrected chi connectivity index (χ1v) is 7.87. The van der Waals surface area contributed by atoms with E-state index in [1.165, 1.54) is 19.3 Å². The van der Waals surface area contributed by atoms with Crippen molar-refractivity contribution in [1.29, 1.82) is 5.26 Å². The number of carbonyl (C=O) groups is 1. The van der Waals surface area contributed by atoms with Crippen molar-refractivity contribution in [2.45, 2.75) is 51.1 Å². The van der Waals surface area contributed by atoms with Gasteiger partial charge in [0.1, 0.15) is 0 Å². The fourth-order valence-electron chi connectivity index (χ4n) is 4.01. The zero-order valence-corrected chi connectivity index (χ0v) is 12.8. The Bertz CT molecular complexity index is 588. The lowest BCUT2D eigenvalue weighted by molar-refractivity contribution is 0.0338. The van der Waals surface area contributed by atoms with Gasteiger partial charge in [0.25, 0.3) is 0 Å².